The standard InChI is InChI=1S/C10H13FN2O3/c1-5-3-2-4-6(5)13-9(15)7(11)8(14)12-10(13)16/h5-6,15H,2-4H2,1H3,(H,12,14,16). The minimum atomic E-state index is -1.29. The summed E-state index contributed by atoms with van der Waals surface area (Å²) in [6.07, 6.45) is 2.57. The summed E-state index contributed by atoms with van der Waals surface area (Å²) in [5, 5.41) is 9.51. The number of hydrogen-bond acceptors (Lipinski definition) is 3. The largest absolute Gasteiger partial charge is 0.492 e. The third-order valence-electron chi connectivity index (χ3n) is 3.21. The maximum atomic E-state index is 13.2. The van der Waals surface area contributed by atoms with Crippen molar-refractivity contribution in [3.05, 3.63) is 26.7 Å². The van der Waals surface area contributed by atoms with Crippen LogP contribution in [0.3, 0.4) is 0 Å². The molecule has 5 nitrogen and oxygen atoms in total. The maximum Gasteiger partial charge on any atom is 0.331 e. The molecule has 0 radical (unpaired) electrons. The lowest BCUT2D eigenvalue weighted by atomic mass is 10.1. The highest BCUT2D eigenvalue weighted by molar-refractivity contribution is 5.11. The van der Waals surface area contributed by atoms with Crippen molar-refractivity contribution in [2.75, 3.05) is 0 Å². The first-order valence-corrected chi connectivity index (χ1v) is 5.25. The molecule has 2 N–H and O–H groups in total. The molecule has 0 saturated heterocycles. The molecular formula is C10H13FN2O3. The number of halogens is 1. The van der Waals surface area contributed by atoms with Crippen LogP contribution in [-0.4, -0.2) is 14.7 Å². The lowest BCUT2D eigenvalue weighted by molar-refractivity contribution is 0.302. The van der Waals surface area contributed by atoms with Crippen molar-refractivity contribution in [2.45, 2.75) is 32.2 Å². The molecule has 1 aliphatic rings. The Morgan fingerprint density at radius 2 is 2.12 bits per heavy atom. The van der Waals surface area contributed by atoms with E-state index in [1.807, 2.05) is 11.9 Å². The summed E-state index contributed by atoms with van der Waals surface area (Å²) in [7, 11) is 0. The van der Waals surface area contributed by atoms with Gasteiger partial charge in [-0.3, -0.25) is 14.3 Å². The van der Waals surface area contributed by atoms with E-state index in [-0.39, 0.29) is 12.0 Å². The third-order valence-corrected chi connectivity index (χ3v) is 3.21. The van der Waals surface area contributed by atoms with Gasteiger partial charge in [-0.2, -0.15) is 4.39 Å². The van der Waals surface area contributed by atoms with Crippen LogP contribution in [0, 0.1) is 11.7 Å². The molecule has 1 aromatic rings. The molecule has 1 saturated carbocycles. The number of nitrogens with one attached hydrogen (secondary N) is 1. The Labute approximate surface area is 90.5 Å². The van der Waals surface area contributed by atoms with Gasteiger partial charge in [0.15, 0.2) is 0 Å². The minimum absolute atomic E-state index is 0.189. The van der Waals surface area contributed by atoms with E-state index in [0.29, 0.717) is 6.42 Å². The molecule has 6 heteroatoms. The van der Waals surface area contributed by atoms with Crippen LogP contribution in [0.1, 0.15) is 32.2 Å². The summed E-state index contributed by atoms with van der Waals surface area (Å²) in [6, 6.07) is -0.237. The summed E-state index contributed by atoms with van der Waals surface area (Å²) in [4.78, 5) is 24.3. The maximum absolute atomic E-state index is 13.2. The molecule has 1 heterocycles. The summed E-state index contributed by atoms with van der Waals surface area (Å²) in [6.45, 7) is 1.94. The van der Waals surface area contributed by atoms with Crippen LogP contribution in [0.15, 0.2) is 9.59 Å². The van der Waals surface area contributed by atoms with Crippen molar-refractivity contribution >= 4 is 0 Å². The molecular weight excluding hydrogens is 215 g/mol. The van der Waals surface area contributed by atoms with Crippen molar-refractivity contribution in [1.29, 1.82) is 0 Å². The van der Waals surface area contributed by atoms with E-state index in [0.717, 1.165) is 17.4 Å². The van der Waals surface area contributed by atoms with Crippen molar-refractivity contribution in [3.8, 4) is 5.88 Å². The average Bonchev–Trinajstić information content (AvgIpc) is 2.62. The number of rotatable bonds is 1. The van der Waals surface area contributed by atoms with Gasteiger partial charge in [0, 0.05) is 6.04 Å². The lowest BCUT2D eigenvalue weighted by Crippen LogP contribution is -2.35. The molecule has 1 fully saturated rings. The SMILES string of the molecule is CC1CCCC1n1c(O)c(F)c(=O)[nH]c1=O. The van der Waals surface area contributed by atoms with Gasteiger partial charge in [-0.25, -0.2) is 4.79 Å². The lowest BCUT2D eigenvalue weighted by Gasteiger charge is -2.19. The summed E-state index contributed by atoms with van der Waals surface area (Å²) < 4.78 is 14.2. The fourth-order valence-electron chi connectivity index (χ4n) is 2.33. The number of aromatic nitrogens is 2. The Morgan fingerprint density at radius 3 is 2.69 bits per heavy atom. The quantitative estimate of drug-likeness (QED) is 0.744. The topological polar surface area (TPSA) is 75.1 Å². The van der Waals surface area contributed by atoms with E-state index >= 15 is 0 Å². The first-order valence-electron chi connectivity index (χ1n) is 5.25. The van der Waals surface area contributed by atoms with E-state index in [1.165, 1.54) is 0 Å². The molecule has 88 valence electrons. The van der Waals surface area contributed by atoms with Gasteiger partial charge in [0.05, 0.1) is 0 Å². The second kappa shape index (κ2) is 3.77. The van der Waals surface area contributed by atoms with Gasteiger partial charge in [-0.05, 0) is 18.8 Å². The van der Waals surface area contributed by atoms with Gasteiger partial charge in [0.25, 0.3) is 5.56 Å². The Bertz CT molecular complexity index is 520. The van der Waals surface area contributed by atoms with Gasteiger partial charge in [0.2, 0.25) is 11.7 Å². The second-order valence-corrected chi connectivity index (χ2v) is 4.24. The number of aromatic hydroxyl groups is 1. The van der Waals surface area contributed by atoms with Crippen LogP contribution >= 0.6 is 0 Å². The monoisotopic (exact) mass is 228 g/mol. The highest BCUT2D eigenvalue weighted by Gasteiger charge is 2.29. The average molecular weight is 228 g/mol. The van der Waals surface area contributed by atoms with Crippen molar-refractivity contribution in [2.24, 2.45) is 5.92 Å². The molecule has 0 aliphatic heterocycles. The van der Waals surface area contributed by atoms with Crippen molar-refractivity contribution < 1.29 is 9.50 Å². The molecule has 1 aromatic heterocycles. The third kappa shape index (κ3) is 1.54. The van der Waals surface area contributed by atoms with Crippen LogP contribution in [-0.2, 0) is 0 Å². The molecule has 1 aliphatic carbocycles. The summed E-state index contributed by atoms with van der Waals surface area (Å²) in [5.74, 6) is -1.96. The molecule has 0 aromatic carbocycles. The van der Waals surface area contributed by atoms with Gasteiger partial charge in [0.1, 0.15) is 0 Å². The van der Waals surface area contributed by atoms with Crippen LogP contribution in [0.25, 0.3) is 0 Å². The zero-order valence-electron chi connectivity index (χ0n) is 8.86. The zero-order chi connectivity index (χ0) is 11.9. The van der Waals surface area contributed by atoms with E-state index in [4.69, 9.17) is 0 Å². The first kappa shape index (κ1) is 10.9. The van der Waals surface area contributed by atoms with Gasteiger partial charge < -0.3 is 5.11 Å². The van der Waals surface area contributed by atoms with Gasteiger partial charge in [-0.15, -0.1) is 0 Å². The summed E-state index contributed by atoms with van der Waals surface area (Å²) >= 11 is 0. The Morgan fingerprint density at radius 1 is 1.44 bits per heavy atom. The van der Waals surface area contributed by atoms with Crippen LogP contribution < -0.4 is 11.2 Å². The number of hydrogen-bond donors (Lipinski definition) is 2. The molecule has 2 rings (SSSR count). The van der Waals surface area contributed by atoms with Gasteiger partial charge >= 0.3 is 5.69 Å². The van der Waals surface area contributed by atoms with Crippen molar-refractivity contribution in [3.63, 3.8) is 0 Å². The Balaban J connectivity index is 2.61. The number of aromatic amines is 1. The second-order valence-electron chi connectivity index (χ2n) is 4.24. The zero-order valence-corrected chi connectivity index (χ0v) is 8.86. The number of nitrogens with zero attached hydrogens (tertiary/aromatic N) is 1. The predicted molar refractivity (Wildman–Crippen MR) is 55.0 cm³/mol. The predicted octanol–water partition coefficient (Wildman–Crippen LogP) is 0.742. The molecule has 16 heavy (non-hydrogen) atoms. The molecule has 0 spiro atoms. The molecule has 0 amide bonds. The Hall–Kier alpha value is -1.59. The van der Waals surface area contributed by atoms with Gasteiger partial charge in [-0.1, -0.05) is 13.3 Å². The van der Waals surface area contributed by atoms with E-state index < -0.39 is 22.9 Å². The molecule has 0 bridgehead atoms. The molecule has 2 unspecified atom stereocenters. The summed E-state index contributed by atoms with van der Waals surface area (Å²) in [5.41, 5.74) is -1.92. The van der Waals surface area contributed by atoms with Crippen LogP contribution in [0.4, 0.5) is 4.39 Å². The fraction of sp³-hybridized carbons (Fsp3) is 0.600. The fourth-order valence-corrected chi connectivity index (χ4v) is 2.33. The van der Waals surface area contributed by atoms with Crippen molar-refractivity contribution in [1.82, 2.24) is 9.55 Å². The van der Waals surface area contributed by atoms with E-state index in [1.54, 1.807) is 0 Å². The first-order chi connectivity index (χ1) is 7.52. The van der Waals surface area contributed by atoms with Crippen LogP contribution in [0.2, 0.25) is 0 Å². The minimum Gasteiger partial charge on any atom is -0.492 e. The van der Waals surface area contributed by atoms with E-state index in [2.05, 4.69) is 0 Å². The highest BCUT2D eigenvalue weighted by atomic mass is 19.1. The normalized spacial score (nSPS) is 24.9. The van der Waals surface area contributed by atoms with E-state index in [9.17, 15) is 19.1 Å². The van der Waals surface area contributed by atoms with Crippen LogP contribution in [0.5, 0.6) is 5.88 Å². The highest BCUT2D eigenvalue weighted by Crippen LogP contribution is 2.36. The molecule has 2 atom stereocenters. The Kier molecular flexibility index (Phi) is 2.57. The smallest absolute Gasteiger partial charge is 0.331 e. The number of H-pyrrole nitrogens is 1.